The number of carbonyl (C=O) groups is 1. The zero-order valence-corrected chi connectivity index (χ0v) is 15.4. The molecule has 26 heavy (non-hydrogen) atoms. The number of hydrogen-bond acceptors (Lipinski definition) is 4. The van der Waals surface area contributed by atoms with E-state index in [9.17, 15) is 9.90 Å². The van der Waals surface area contributed by atoms with E-state index in [-0.39, 0.29) is 12.5 Å². The maximum absolute atomic E-state index is 13.0. The molecule has 0 spiro atoms. The summed E-state index contributed by atoms with van der Waals surface area (Å²) >= 11 is 0. The van der Waals surface area contributed by atoms with Crippen LogP contribution in [-0.2, 0) is 4.84 Å². The molecule has 0 aromatic heterocycles. The summed E-state index contributed by atoms with van der Waals surface area (Å²) in [5, 5.41) is 13.8. The fourth-order valence-corrected chi connectivity index (χ4v) is 3.46. The van der Waals surface area contributed by atoms with E-state index in [1.807, 2.05) is 43.3 Å². The normalized spacial score (nSPS) is 21.2. The van der Waals surface area contributed by atoms with Gasteiger partial charge < -0.3 is 14.8 Å². The highest BCUT2D eigenvalue weighted by molar-refractivity contribution is 6.01. The Morgan fingerprint density at radius 3 is 2.54 bits per heavy atom. The van der Waals surface area contributed by atoms with E-state index in [0.29, 0.717) is 18.5 Å². The van der Waals surface area contributed by atoms with Crippen LogP contribution in [0, 0.1) is 6.92 Å². The average molecular weight is 352 g/mol. The molecule has 136 valence electrons. The van der Waals surface area contributed by atoms with Gasteiger partial charge in [-0.25, -0.2) is 0 Å². The minimum absolute atomic E-state index is 0.112. The smallest absolute Gasteiger partial charge is 0.254 e. The quantitative estimate of drug-likeness (QED) is 0.859. The van der Waals surface area contributed by atoms with Crippen LogP contribution in [0.3, 0.4) is 0 Å². The molecule has 1 aliphatic rings. The second kappa shape index (κ2) is 7.30. The molecule has 1 aliphatic heterocycles. The van der Waals surface area contributed by atoms with Crippen LogP contribution in [-0.4, -0.2) is 47.4 Å². The van der Waals surface area contributed by atoms with Gasteiger partial charge >= 0.3 is 0 Å². The molecule has 1 unspecified atom stereocenters. The molecule has 0 aliphatic carbocycles. The Bertz CT molecular complexity index is 829. The lowest BCUT2D eigenvalue weighted by Gasteiger charge is -2.32. The van der Waals surface area contributed by atoms with Crippen molar-refractivity contribution in [1.29, 1.82) is 0 Å². The fraction of sp³-hybridized carbons (Fsp3) is 0.333. The molecule has 1 fully saturated rings. The van der Waals surface area contributed by atoms with Gasteiger partial charge in [-0.15, -0.1) is 0 Å². The monoisotopic (exact) mass is 352 g/mol. The van der Waals surface area contributed by atoms with Gasteiger partial charge in [0.2, 0.25) is 0 Å². The molecule has 1 amide bonds. The fourth-order valence-electron chi connectivity index (χ4n) is 3.46. The number of amides is 1. The van der Waals surface area contributed by atoms with Crippen LogP contribution in [0.15, 0.2) is 53.7 Å². The van der Waals surface area contributed by atoms with Gasteiger partial charge in [-0.2, -0.15) is 0 Å². The van der Waals surface area contributed by atoms with Crippen molar-refractivity contribution in [3.8, 4) is 11.1 Å². The molecule has 1 atom stereocenters. The second-order valence-corrected chi connectivity index (χ2v) is 6.96. The lowest BCUT2D eigenvalue weighted by atomic mass is 9.97. The van der Waals surface area contributed by atoms with Crippen LogP contribution in [0.4, 0.5) is 0 Å². The number of likely N-dealkylation sites (tertiary alicyclic amines) is 1. The summed E-state index contributed by atoms with van der Waals surface area (Å²) in [6.45, 7) is 4.18. The first-order valence-corrected chi connectivity index (χ1v) is 8.66. The third-order valence-electron chi connectivity index (χ3n) is 4.97. The SMILES string of the molecule is CON=C1CN(C(=O)c2ccc(-c3ccccc3C)cc2)C(C)(CO)C1. The maximum Gasteiger partial charge on any atom is 0.254 e. The van der Waals surface area contributed by atoms with Gasteiger partial charge in [-0.1, -0.05) is 41.6 Å². The maximum atomic E-state index is 13.0. The number of hydrogen-bond donors (Lipinski definition) is 1. The van der Waals surface area contributed by atoms with E-state index in [1.54, 1.807) is 4.90 Å². The van der Waals surface area contributed by atoms with E-state index in [0.717, 1.165) is 16.8 Å². The first kappa shape index (κ1) is 18.1. The molecule has 5 heteroatoms. The number of aryl methyl sites for hydroxylation is 1. The molecule has 2 aromatic rings. The highest BCUT2D eigenvalue weighted by atomic mass is 16.6. The number of rotatable bonds is 4. The minimum Gasteiger partial charge on any atom is -0.399 e. The highest BCUT2D eigenvalue weighted by Crippen LogP contribution is 2.30. The van der Waals surface area contributed by atoms with Crippen LogP contribution in [0.5, 0.6) is 0 Å². The predicted octanol–water partition coefficient (Wildman–Crippen LogP) is 3.26. The number of benzene rings is 2. The number of nitrogens with zero attached hydrogens (tertiary/aromatic N) is 2. The molecule has 1 heterocycles. The van der Waals surface area contributed by atoms with Gasteiger partial charge in [-0.3, -0.25) is 4.79 Å². The van der Waals surface area contributed by atoms with Gasteiger partial charge in [0.25, 0.3) is 5.91 Å². The minimum atomic E-state index is -0.664. The van der Waals surface area contributed by atoms with Crippen LogP contribution in [0.1, 0.15) is 29.3 Å². The van der Waals surface area contributed by atoms with E-state index < -0.39 is 5.54 Å². The van der Waals surface area contributed by atoms with Crippen LogP contribution >= 0.6 is 0 Å². The summed E-state index contributed by atoms with van der Waals surface area (Å²) in [4.78, 5) is 19.5. The molecule has 0 saturated carbocycles. The van der Waals surface area contributed by atoms with E-state index >= 15 is 0 Å². The Hall–Kier alpha value is -2.66. The van der Waals surface area contributed by atoms with Crippen molar-refractivity contribution in [2.24, 2.45) is 5.16 Å². The first-order valence-electron chi connectivity index (χ1n) is 8.66. The lowest BCUT2D eigenvalue weighted by molar-refractivity contribution is 0.0473. The number of aliphatic hydroxyl groups excluding tert-OH is 1. The van der Waals surface area contributed by atoms with Crippen LogP contribution in [0.25, 0.3) is 11.1 Å². The number of carbonyl (C=O) groups excluding carboxylic acids is 1. The Morgan fingerprint density at radius 2 is 1.92 bits per heavy atom. The Morgan fingerprint density at radius 1 is 1.23 bits per heavy atom. The number of oxime groups is 1. The van der Waals surface area contributed by atoms with Crippen molar-refractivity contribution in [2.45, 2.75) is 25.8 Å². The first-order chi connectivity index (χ1) is 12.5. The second-order valence-electron chi connectivity index (χ2n) is 6.96. The van der Waals surface area contributed by atoms with Crippen molar-refractivity contribution < 1.29 is 14.7 Å². The summed E-state index contributed by atoms with van der Waals surface area (Å²) in [5.74, 6) is -0.112. The van der Waals surface area contributed by atoms with E-state index in [4.69, 9.17) is 4.84 Å². The summed E-state index contributed by atoms with van der Waals surface area (Å²) in [6.07, 6.45) is 0.504. The molecule has 3 rings (SSSR count). The standard InChI is InChI=1S/C21H24N2O3/c1-15-6-4-5-7-19(15)16-8-10-17(11-9-16)20(25)23-13-18(22-26-3)12-21(23,2)14-24/h4-11,24H,12-14H2,1-3H3. The molecule has 0 bridgehead atoms. The zero-order valence-electron chi connectivity index (χ0n) is 15.4. The summed E-state index contributed by atoms with van der Waals surface area (Å²) in [7, 11) is 1.48. The molecule has 0 radical (unpaired) electrons. The lowest BCUT2D eigenvalue weighted by Crippen LogP contribution is -2.47. The zero-order chi connectivity index (χ0) is 18.7. The third-order valence-corrected chi connectivity index (χ3v) is 4.97. The van der Waals surface area contributed by atoms with Crippen molar-refractivity contribution in [3.63, 3.8) is 0 Å². The molecular formula is C21H24N2O3. The molecule has 2 aromatic carbocycles. The molecule has 5 nitrogen and oxygen atoms in total. The van der Waals surface area contributed by atoms with Crippen molar-refractivity contribution in [2.75, 3.05) is 20.3 Å². The molecular weight excluding hydrogens is 328 g/mol. The summed E-state index contributed by atoms with van der Waals surface area (Å²) in [5.41, 5.74) is 4.12. The summed E-state index contributed by atoms with van der Waals surface area (Å²) < 4.78 is 0. The number of aliphatic hydroxyl groups is 1. The van der Waals surface area contributed by atoms with Crippen LogP contribution in [0.2, 0.25) is 0 Å². The van der Waals surface area contributed by atoms with Gasteiger partial charge in [-0.05, 0) is 42.7 Å². The summed E-state index contributed by atoms with van der Waals surface area (Å²) in [6, 6.07) is 15.8. The van der Waals surface area contributed by atoms with Gasteiger partial charge in [0.15, 0.2) is 0 Å². The Labute approximate surface area is 153 Å². The van der Waals surface area contributed by atoms with Gasteiger partial charge in [0, 0.05) is 12.0 Å². The molecule has 1 saturated heterocycles. The van der Waals surface area contributed by atoms with Crippen molar-refractivity contribution in [3.05, 3.63) is 59.7 Å². The van der Waals surface area contributed by atoms with Crippen molar-refractivity contribution in [1.82, 2.24) is 4.90 Å². The third kappa shape index (κ3) is 3.35. The topological polar surface area (TPSA) is 62.1 Å². The predicted molar refractivity (Wildman–Crippen MR) is 102 cm³/mol. The van der Waals surface area contributed by atoms with Crippen molar-refractivity contribution >= 4 is 11.6 Å². The van der Waals surface area contributed by atoms with Gasteiger partial charge in [0.05, 0.1) is 24.4 Å². The largest absolute Gasteiger partial charge is 0.399 e. The van der Waals surface area contributed by atoms with E-state index in [2.05, 4.69) is 24.2 Å². The highest BCUT2D eigenvalue weighted by Gasteiger charge is 2.43. The Balaban J connectivity index is 1.86. The van der Waals surface area contributed by atoms with Crippen LogP contribution < -0.4 is 0 Å². The Kier molecular flexibility index (Phi) is 5.09. The molecule has 1 N–H and O–H groups in total. The van der Waals surface area contributed by atoms with Gasteiger partial charge in [0.1, 0.15) is 7.11 Å². The van der Waals surface area contributed by atoms with E-state index in [1.165, 1.54) is 12.7 Å². The average Bonchev–Trinajstić information content (AvgIpc) is 2.99.